The quantitative estimate of drug-likeness (QED) is 0.112. The van der Waals surface area contributed by atoms with E-state index in [0.717, 1.165) is 230 Å². The van der Waals surface area contributed by atoms with Crippen LogP contribution in [0.15, 0.2) is 54.0 Å². The van der Waals surface area contributed by atoms with Gasteiger partial charge in [-0.3, -0.25) is 19.8 Å². The first-order valence-electron chi connectivity index (χ1n) is 43.7. The number of fused-ring (bicyclic) bond motifs is 4. The van der Waals surface area contributed by atoms with Crippen LogP contribution in [0.2, 0.25) is 0 Å². The fourth-order valence-electron chi connectivity index (χ4n) is 20.0. The molecule has 31 heteroatoms. The van der Waals surface area contributed by atoms with Gasteiger partial charge in [0.05, 0.1) is 135 Å². The molecule has 14 aliphatic heterocycles. The number of aliphatic hydroxyl groups excluding tert-OH is 4. The monoisotopic (exact) mass is 1640 g/mol. The molecule has 5 N–H and O–H groups in total. The van der Waals surface area contributed by atoms with Gasteiger partial charge in [-0.25, -0.2) is 34.2 Å². The van der Waals surface area contributed by atoms with Crippen molar-refractivity contribution in [3.05, 3.63) is 71.8 Å². The van der Waals surface area contributed by atoms with Crippen LogP contribution < -0.4 is 24.9 Å². The maximum Gasteiger partial charge on any atom is 0.410 e. The van der Waals surface area contributed by atoms with E-state index in [1.165, 1.54) is 0 Å². The molecule has 0 radical (unpaired) electrons. The predicted molar refractivity (Wildman–Crippen MR) is 443 cm³/mol. The third-order valence-corrected chi connectivity index (χ3v) is 27.5. The summed E-state index contributed by atoms with van der Waals surface area (Å²) in [6.07, 6.45) is 20.6. The molecule has 5 aromatic rings. The Hall–Kier alpha value is -7.43. The van der Waals surface area contributed by atoms with Crippen LogP contribution in [-0.2, 0) is 62.1 Å². The minimum atomic E-state index is -0.479. The molecule has 11 saturated heterocycles. The number of aliphatic hydroxyl groups is 4. The zero-order chi connectivity index (χ0) is 83.1. The average molecular weight is 1640 g/mol. The summed E-state index contributed by atoms with van der Waals surface area (Å²) in [5.74, 6) is 3.70. The number of likely N-dealkylation sites (tertiary alicyclic amines) is 2. The zero-order valence-corrected chi connectivity index (χ0v) is 71.3. The Morgan fingerprint density at radius 2 is 0.983 bits per heavy atom. The van der Waals surface area contributed by atoms with Gasteiger partial charge >= 0.3 is 12.2 Å². The van der Waals surface area contributed by atoms with E-state index in [9.17, 15) is 34.8 Å². The van der Waals surface area contributed by atoms with E-state index in [4.69, 9.17) is 67.9 Å². The van der Waals surface area contributed by atoms with Crippen LogP contribution in [-0.4, -0.2) is 278 Å². The summed E-state index contributed by atoms with van der Waals surface area (Å²) in [5, 5.41) is 49.9. The number of hydrogen-bond acceptors (Lipinski definition) is 28. The van der Waals surface area contributed by atoms with Crippen molar-refractivity contribution in [2.75, 3.05) is 138 Å². The van der Waals surface area contributed by atoms with Crippen molar-refractivity contribution in [3.8, 4) is 0 Å². The van der Waals surface area contributed by atoms with Gasteiger partial charge in [0, 0.05) is 106 Å². The van der Waals surface area contributed by atoms with Crippen molar-refractivity contribution in [2.45, 2.75) is 264 Å². The van der Waals surface area contributed by atoms with Gasteiger partial charge in [-0.05, 0) is 223 Å². The molecule has 19 heterocycles. The SMILES string of the molecule is C[C@@H]1OCC2(CCN(C(=O)OC(C)(C)C)CC2)C1=O.C[C@@H]1OCC2(CCN(C(=O)OC(C)(C)C)CC2)C1O.C[C@@H]1OCC2(CCN(c3cnc4c(N5CCCc6ncccc65)nn(C5CCCCO5)c4n3)CC2)C1O.C[C@@H]1OCC2(CCN(c3cnc4c(n3)CN=C4N3CCCc4ncccc43)CC2)C1O.C[C@@H]1OCC2(CCNCC2)C1O. The number of hydrogen-bond donors (Lipinski definition) is 5. The van der Waals surface area contributed by atoms with Gasteiger partial charge in [-0.1, -0.05) is 0 Å². The number of nitrogens with zero attached hydrogens (tertiary/aromatic N) is 15. The minimum absolute atomic E-state index is 0.0306. The van der Waals surface area contributed by atoms with Crippen molar-refractivity contribution in [1.82, 2.24) is 54.8 Å². The Kier molecular flexibility index (Phi) is 25.5. The van der Waals surface area contributed by atoms with Crippen LogP contribution >= 0.6 is 0 Å². The number of pyridine rings is 2. The number of amidine groups is 1. The Morgan fingerprint density at radius 1 is 0.517 bits per heavy atom. The molecule has 2 amide bonds. The van der Waals surface area contributed by atoms with Crippen LogP contribution in [0, 0.1) is 27.1 Å². The molecule has 646 valence electrons. The first-order valence-corrected chi connectivity index (χ1v) is 43.7. The van der Waals surface area contributed by atoms with Crippen LogP contribution in [0.25, 0.3) is 11.2 Å². The second-order valence-electron chi connectivity index (χ2n) is 37.7. The molecule has 118 heavy (non-hydrogen) atoms. The van der Waals surface area contributed by atoms with E-state index in [0.29, 0.717) is 72.0 Å². The molecule has 19 rings (SSSR count). The number of amides is 2. The third kappa shape index (κ3) is 17.8. The molecular weight excluding hydrogens is 1510 g/mol. The number of carbonyl (C=O) groups excluding carboxylic acids is 3. The van der Waals surface area contributed by atoms with E-state index in [1.807, 2.05) is 111 Å². The summed E-state index contributed by atoms with van der Waals surface area (Å²) in [7, 11) is 0. The van der Waals surface area contributed by atoms with Gasteiger partial charge in [0.1, 0.15) is 34.6 Å². The highest BCUT2D eigenvalue weighted by Crippen LogP contribution is 2.48. The first kappa shape index (κ1) is 85.5. The molecule has 0 aliphatic carbocycles. The lowest BCUT2D eigenvalue weighted by Crippen LogP contribution is -2.49. The number of aryl methyl sites for hydroxylation is 2. The number of aliphatic imine (C=N–C) groups is 1. The second-order valence-corrected chi connectivity index (χ2v) is 37.7. The summed E-state index contributed by atoms with van der Waals surface area (Å²) < 4.78 is 46.8. The highest BCUT2D eigenvalue weighted by Gasteiger charge is 2.54. The summed E-state index contributed by atoms with van der Waals surface area (Å²) in [5.41, 5.74) is 6.23. The molecule has 14 aliphatic rings. The Labute approximate surface area is 694 Å². The number of ketones is 1. The Morgan fingerprint density at radius 3 is 1.45 bits per heavy atom. The molecule has 5 spiro atoms. The molecule has 5 aromatic heterocycles. The molecule has 5 unspecified atom stereocenters. The summed E-state index contributed by atoms with van der Waals surface area (Å²) in [6.45, 7) is 34.8. The molecule has 0 aromatic carbocycles. The molecular formula is C87H128N16O15. The molecule has 11 fully saturated rings. The summed E-state index contributed by atoms with van der Waals surface area (Å²) >= 11 is 0. The fraction of sp³-hybridized carbons (Fsp3) is 0.736. The van der Waals surface area contributed by atoms with Crippen molar-refractivity contribution < 1.29 is 72.7 Å². The average Bonchev–Trinajstić information content (AvgIpc) is 1.59. The Balaban J connectivity index is 0.000000121. The number of rotatable bonds is 4. The lowest BCUT2D eigenvalue weighted by atomic mass is 9.74. The van der Waals surface area contributed by atoms with Crippen LogP contribution in [0.4, 0.5) is 38.4 Å². The topological polar surface area (TPSA) is 345 Å². The maximum absolute atomic E-state index is 12.1. The molecule has 0 bridgehead atoms. The van der Waals surface area contributed by atoms with Crippen LogP contribution in [0.1, 0.15) is 201 Å². The van der Waals surface area contributed by atoms with Crippen molar-refractivity contribution in [1.29, 1.82) is 0 Å². The van der Waals surface area contributed by atoms with Gasteiger partial charge in [0.2, 0.25) is 0 Å². The van der Waals surface area contributed by atoms with Gasteiger partial charge in [0.25, 0.3) is 0 Å². The number of ether oxygens (including phenoxy) is 8. The fourth-order valence-corrected chi connectivity index (χ4v) is 20.0. The van der Waals surface area contributed by atoms with Crippen molar-refractivity contribution in [2.24, 2.45) is 32.1 Å². The Bertz CT molecular complexity index is 4330. The van der Waals surface area contributed by atoms with Gasteiger partial charge in [-0.2, -0.15) is 0 Å². The number of anilines is 5. The van der Waals surface area contributed by atoms with Crippen molar-refractivity contribution >= 4 is 63.8 Å². The molecule has 31 nitrogen and oxygen atoms in total. The lowest BCUT2D eigenvalue weighted by molar-refractivity contribution is -0.129. The lowest BCUT2D eigenvalue weighted by Gasteiger charge is -2.41. The number of nitrogens with one attached hydrogen (secondary N) is 1. The summed E-state index contributed by atoms with van der Waals surface area (Å²) in [4.78, 5) is 82.4. The van der Waals surface area contributed by atoms with Gasteiger partial charge in [-0.15, -0.1) is 5.10 Å². The number of carbonyl (C=O) groups is 3. The zero-order valence-electron chi connectivity index (χ0n) is 71.3. The van der Waals surface area contributed by atoms with Crippen LogP contribution in [0.5, 0.6) is 0 Å². The van der Waals surface area contributed by atoms with Gasteiger partial charge in [0.15, 0.2) is 34.8 Å². The van der Waals surface area contributed by atoms with E-state index >= 15 is 0 Å². The van der Waals surface area contributed by atoms with Crippen LogP contribution in [0.3, 0.4) is 0 Å². The first-order chi connectivity index (χ1) is 56.5. The smallest absolute Gasteiger partial charge is 0.410 e. The number of aromatic nitrogens is 8. The number of piperidine rings is 5. The highest BCUT2D eigenvalue weighted by molar-refractivity contribution is 6.11. The highest BCUT2D eigenvalue weighted by atomic mass is 16.6. The normalized spacial score (nSPS) is 29.1. The molecule has 0 saturated carbocycles. The molecule has 10 atom stereocenters. The van der Waals surface area contributed by atoms with Crippen molar-refractivity contribution in [3.63, 3.8) is 0 Å². The number of Topliss-reactive ketones (excluding diaryl/α,β-unsaturated/α-hetero) is 1. The summed E-state index contributed by atoms with van der Waals surface area (Å²) in [6, 6.07) is 8.21. The van der Waals surface area contributed by atoms with E-state index in [-0.39, 0.29) is 94.0 Å². The maximum atomic E-state index is 12.1. The third-order valence-electron chi connectivity index (χ3n) is 27.5. The van der Waals surface area contributed by atoms with Gasteiger partial charge < -0.3 is 93.0 Å². The van der Waals surface area contributed by atoms with E-state index in [1.54, 1.807) is 16.7 Å². The van der Waals surface area contributed by atoms with E-state index < -0.39 is 23.4 Å². The standard InChI is InChI=1S/C27H35N7O3.C23H28N6O2.C14H25NO4.C14H23NO4.C9H17NO2/c1-18-24(35)27(17-37-18)9-13-32(14-10-27)21-16-29-23-25(30-21)34(22-8-2-3-15-36-22)31-26(23)33-12-5-6-19-20(33)7-4-11-28-19;1-15-21(30)23(14-31-15)6-10-28(11-7-23)19-13-25-20-17(27-19)12-26-22(20)29-9-3-4-16-18(29)5-2-8-24-16;2*1-10-11(16)14(9-18-10)5-7-15(8-6-14)12(17)19-13(2,3)4;1-7-8(11)9(6-12-7)2-4-10-5-3-9/h4,7,11,16,18,22,24,35H,2-3,5-6,8-10,12-15,17H2,1H3;2,5,8,13,15,21,30H,3-4,6-7,9-12,14H2,1H3;10-11,16H,5-9H2,1-4H3;10H,5-9H2,1-4H3;7-8,10-11H,2-6H2,1H3/t18-,22?,24?;15-,21?;10-,11?;10-;7-,8?/m00000/s1. The largest absolute Gasteiger partial charge is 0.444 e. The van der Waals surface area contributed by atoms with E-state index in [2.05, 4.69) is 47.0 Å². The minimum Gasteiger partial charge on any atom is -0.444 e. The predicted octanol–water partition coefficient (Wildman–Crippen LogP) is 9.23. The second kappa shape index (κ2) is 35.2.